The van der Waals surface area contributed by atoms with Crippen LogP contribution in [0.1, 0.15) is 12.8 Å². The van der Waals surface area contributed by atoms with E-state index in [1.165, 1.54) is 9.96 Å². The second-order valence-electron chi connectivity index (χ2n) is 3.49. The molecule has 14 heavy (non-hydrogen) atoms. The molecular formula is C7H11N3O3S. The number of nitrogens with zero attached hydrogens (tertiary/aromatic N) is 2. The summed E-state index contributed by atoms with van der Waals surface area (Å²) in [5.74, 6) is -0.460. The number of fused-ring (bicyclic) bond motifs is 2. The molecule has 0 spiro atoms. The molecular weight excluding hydrogens is 206 g/mol. The van der Waals surface area contributed by atoms with Gasteiger partial charge in [0.1, 0.15) is 6.04 Å². The van der Waals surface area contributed by atoms with Crippen LogP contribution in [0, 0.1) is 0 Å². The van der Waals surface area contributed by atoms with Crippen LogP contribution in [0.2, 0.25) is 0 Å². The van der Waals surface area contributed by atoms with Crippen LogP contribution in [0.5, 0.6) is 0 Å². The van der Waals surface area contributed by atoms with Gasteiger partial charge in [0.25, 0.3) is 0 Å². The summed E-state index contributed by atoms with van der Waals surface area (Å²) in [6.45, 7) is 0.493. The summed E-state index contributed by atoms with van der Waals surface area (Å²) in [6.07, 6.45) is 1.32. The Morgan fingerprint density at radius 1 is 1.57 bits per heavy atom. The maximum Gasteiger partial charge on any atom is 0.345 e. The smallest absolute Gasteiger partial charge is 0.345 e. The molecule has 0 aromatic heterocycles. The van der Waals surface area contributed by atoms with Crippen molar-refractivity contribution in [2.45, 2.75) is 24.9 Å². The summed E-state index contributed by atoms with van der Waals surface area (Å²) in [4.78, 5) is 24.1. The summed E-state index contributed by atoms with van der Waals surface area (Å²) in [5, 5.41) is 1.19. The van der Waals surface area contributed by atoms with E-state index in [9.17, 15) is 9.59 Å². The third-order valence-electron chi connectivity index (χ3n) is 2.74. The fraction of sp³-hybridized carbons (Fsp3) is 0.714. The van der Waals surface area contributed by atoms with Crippen LogP contribution in [0.25, 0.3) is 0 Å². The van der Waals surface area contributed by atoms with Crippen molar-refractivity contribution in [2.24, 2.45) is 5.73 Å². The molecule has 0 saturated carbocycles. The number of primary amides is 1. The van der Waals surface area contributed by atoms with E-state index in [1.807, 2.05) is 0 Å². The molecule has 2 aliphatic heterocycles. The van der Waals surface area contributed by atoms with Crippen LogP contribution in [-0.4, -0.2) is 40.5 Å². The Morgan fingerprint density at radius 2 is 2.29 bits per heavy atom. The number of hydrogen-bond acceptors (Lipinski definition) is 4. The second kappa shape index (κ2) is 3.32. The van der Waals surface area contributed by atoms with Crippen molar-refractivity contribution in [2.75, 3.05) is 6.54 Å². The van der Waals surface area contributed by atoms with Crippen LogP contribution >= 0.6 is 12.9 Å². The zero-order valence-electron chi connectivity index (χ0n) is 7.42. The minimum absolute atomic E-state index is 0.00407. The Balaban J connectivity index is 2.20. The second-order valence-corrected chi connectivity index (χ2v) is 3.66. The molecule has 2 rings (SSSR count). The number of hydroxylamine groups is 2. The van der Waals surface area contributed by atoms with Crippen molar-refractivity contribution >= 4 is 24.8 Å². The van der Waals surface area contributed by atoms with Gasteiger partial charge in [-0.05, 0) is 12.8 Å². The lowest BCUT2D eigenvalue weighted by Gasteiger charge is -2.27. The molecule has 2 fully saturated rings. The number of rotatable bonds is 2. The summed E-state index contributed by atoms with van der Waals surface area (Å²) >= 11 is 3.60. The van der Waals surface area contributed by atoms with Crippen molar-refractivity contribution < 1.29 is 13.9 Å². The average molecular weight is 217 g/mol. The minimum Gasteiger partial charge on any atom is -0.368 e. The standard InChI is InChI=1S/C7H11N3O3S/c8-6(11)5-2-1-4-3-9(5)7(12)10(4)13-14/h4-5,14H,1-3H2,(H2,8,11)/t4-,5-/m1/s1. The molecule has 6 nitrogen and oxygen atoms in total. The molecule has 7 heteroatoms. The molecule has 78 valence electrons. The summed E-state index contributed by atoms with van der Waals surface area (Å²) in [5.41, 5.74) is 5.19. The maximum atomic E-state index is 11.6. The lowest BCUT2D eigenvalue weighted by molar-refractivity contribution is -0.122. The van der Waals surface area contributed by atoms with Gasteiger partial charge < -0.3 is 10.6 Å². The van der Waals surface area contributed by atoms with Crippen molar-refractivity contribution in [1.29, 1.82) is 0 Å². The Morgan fingerprint density at radius 3 is 2.86 bits per heavy atom. The topological polar surface area (TPSA) is 75.9 Å². The number of amides is 3. The minimum atomic E-state index is -0.493. The fourth-order valence-corrected chi connectivity index (χ4v) is 2.24. The van der Waals surface area contributed by atoms with E-state index in [2.05, 4.69) is 17.2 Å². The highest BCUT2D eigenvalue weighted by atomic mass is 32.1. The first-order valence-electron chi connectivity index (χ1n) is 4.36. The summed E-state index contributed by atoms with van der Waals surface area (Å²) in [7, 11) is 0. The Kier molecular flexibility index (Phi) is 2.28. The van der Waals surface area contributed by atoms with E-state index in [0.29, 0.717) is 13.0 Å². The number of thiol groups is 1. The van der Waals surface area contributed by atoms with E-state index in [1.54, 1.807) is 0 Å². The van der Waals surface area contributed by atoms with Crippen molar-refractivity contribution in [3.05, 3.63) is 0 Å². The van der Waals surface area contributed by atoms with E-state index >= 15 is 0 Å². The van der Waals surface area contributed by atoms with Crippen molar-refractivity contribution in [3.8, 4) is 0 Å². The largest absolute Gasteiger partial charge is 0.368 e. The molecule has 0 radical (unpaired) electrons. The van der Waals surface area contributed by atoms with E-state index in [-0.39, 0.29) is 12.1 Å². The number of piperidine rings is 1. The zero-order valence-corrected chi connectivity index (χ0v) is 8.31. The first-order chi connectivity index (χ1) is 6.65. The zero-order chi connectivity index (χ0) is 10.3. The van der Waals surface area contributed by atoms with E-state index < -0.39 is 11.9 Å². The van der Waals surface area contributed by atoms with Crippen LogP contribution in [-0.2, 0) is 9.08 Å². The summed E-state index contributed by atoms with van der Waals surface area (Å²) in [6, 6.07) is -0.825. The van der Waals surface area contributed by atoms with Crippen molar-refractivity contribution in [3.63, 3.8) is 0 Å². The third kappa shape index (κ3) is 1.24. The Labute approximate surface area is 86.5 Å². The van der Waals surface area contributed by atoms with Gasteiger partial charge in [0, 0.05) is 19.5 Å². The molecule has 2 heterocycles. The molecule has 2 N–H and O–H groups in total. The molecule has 2 bridgehead atoms. The number of urea groups is 1. The monoisotopic (exact) mass is 217 g/mol. The first-order valence-corrected chi connectivity index (χ1v) is 4.72. The van der Waals surface area contributed by atoms with Gasteiger partial charge >= 0.3 is 6.03 Å². The molecule has 0 unspecified atom stereocenters. The molecule has 0 aromatic carbocycles. The van der Waals surface area contributed by atoms with Crippen LogP contribution in [0.3, 0.4) is 0 Å². The lowest BCUT2D eigenvalue weighted by Crippen LogP contribution is -2.47. The van der Waals surface area contributed by atoms with Gasteiger partial charge in [0.15, 0.2) is 0 Å². The maximum absolute atomic E-state index is 11.6. The number of hydrogen-bond donors (Lipinski definition) is 2. The third-order valence-corrected chi connectivity index (χ3v) is 2.92. The van der Waals surface area contributed by atoms with Gasteiger partial charge in [-0.25, -0.2) is 9.08 Å². The first kappa shape index (κ1) is 9.60. The normalized spacial score (nSPS) is 31.1. The van der Waals surface area contributed by atoms with E-state index in [0.717, 1.165) is 6.42 Å². The Bertz CT molecular complexity index is 285. The molecule has 2 saturated heterocycles. The van der Waals surface area contributed by atoms with E-state index in [4.69, 9.17) is 5.73 Å². The average Bonchev–Trinajstić information content (AvgIpc) is 2.39. The van der Waals surface area contributed by atoms with Gasteiger partial charge in [0.05, 0.1) is 6.04 Å². The van der Waals surface area contributed by atoms with Crippen LogP contribution < -0.4 is 5.73 Å². The van der Waals surface area contributed by atoms with Gasteiger partial charge in [0.2, 0.25) is 5.91 Å². The van der Waals surface area contributed by atoms with Crippen LogP contribution in [0.4, 0.5) is 4.79 Å². The Hall–Kier alpha value is -0.950. The number of nitrogens with two attached hydrogens (primary N) is 1. The number of carbonyl (C=O) groups is 2. The molecule has 0 aromatic rings. The molecule has 3 amide bonds. The fourth-order valence-electron chi connectivity index (χ4n) is 2.03. The molecule has 2 atom stereocenters. The SMILES string of the molecule is NC(=O)[C@H]1CC[C@@H]2CN1C(=O)N2OS. The quantitative estimate of drug-likeness (QED) is 0.484. The molecule has 0 aliphatic carbocycles. The predicted molar refractivity (Wildman–Crippen MR) is 50.0 cm³/mol. The van der Waals surface area contributed by atoms with Gasteiger partial charge in [-0.1, -0.05) is 0 Å². The highest BCUT2D eigenvalue weighted by Gasteiger charge is 2.47. The van der Waals surface area contributed by atoms with Crippen molar-refractivity contribution in [1.82, 2.24) is 9.96 Å². The predicted octanol–water partition coefficient (Wildman–Crippen LogP) is -0.483. The highest BCUT2D eigenvalue weighted by Crippen LogP contribution is 2.29. The van der Waals surface area contributed by atoms with Gasteiger partial charge in [-0.15, -0.1) is 0 Å². The lowest BCUT2D eigenvalue weighted by atomic mass is 10.0. The van der Waals surface area contributed by atoms with Gasteiger partial charge in [-0.2, -0.15) is 5.06 Å². The van der Waals surface area contributed by atoms with Gasteiger partial charge in [-0.3, -0.25) is 4.79 Å². The summed E-state index contributed by atoms with van der Waals surface area (Å²) < 4.78 is 4.65. The van der Waals surface area contributed by atoms with Crippen LogP contribution in [0.15, 0.2) is 0 Å². The highest BCUT2D eigenvalue weighted by molar-refractivity contribution is 7.75. The molecule has 2 aliphatic rings. The number of carbonyl (C=O) groups excluding carboxylic acids is 2.